The molecule has 0 bridgehead atoms. The van der Waals surface area contributed by atoms with Gasteiger partial charge in [0, 0.05) is 0 Å². The van der Waals surface area contributed by atoms with Crippen LogP contribution in [0.25, 0.3) is 0 Å². The van der Waals surface area contributed by atoms with Gasteiger partial charge in [0.2, 0.25) is 0 Å². The lowest BCUT2D eigenvalue weighted by molar-refractivity contribution is 0.00921. The van der Waals surface area contributed by atoms with Gasteiger partial charge in [-0.3, -0.25) is 0 Å². The van der Waals surface area contributed by atoms with Crippen LogP contribution < -0.4 is 5.32 Å². The van der Waals surface area contributed by atoms with Crippen LogP contribution in [0.2, 0.25) is 0 Å². The van der Waals surface area contributed by atoms with Crippen molar-refractivity contribution in [3.63, 3.8) is 0 Å². The van der Waals surface area contributed by atoms with Crippen molar-refractivity contribution in [3.05, 3.63) is 35.4 Å². The van der Waals surface area contributed by atoms with Gasteiger partial charge in [-0.2, -0.15) is 0 Å². The summed E-state index contributed by atoms with van der Waals surface area (Å²) in [6, 6.07) is 8.20. The molecule has 0 aliphatic carbocycles. The SMILES string of the molecule is CCCNC(COCC(F)F)c1ccc(CC)cc1. The average Bonchev–Trinajstić information content (AvgIpc) is 2.42. The van der Waals surface area contributed by atoms with Crippen molar-refractivity contribution in [3.8, 4) is 0 Å². The van der Waals surface area contributed by atoms with Gasteiger partial charge >= 0.3 is 0 Å². The quantitative estimate of drug-likeness (QED) is 0.741. The molecule has 0 aliphatic rings. The molecule has 1 rings (SSSR count). The third kappa shape index (κ3) is 6.12. The number of alkyl halides is 2. The number of hydrogen-bond donors (Lipinski definition) is 1. The smallest absolute Gasteiger partial charge is 0.261 e. The molecule has 0 fully saturated rings. The summed E-state index contributed by atoms with van der Waals surface area (Å²) >= 11 is 0. The lowest BCUT2D eigenvalue weighted by atomic mass is 10.0. The van der Waals surface area contributed by atoms with E-state index in [9.17, 15) is 8.78 Å². The highest BCUT2D eigenvalue weighted by Gasteiger charge is 2.12. The second-order valence-corrected chi connectivity index (χ2v) is 4.53. The molecule has 0 aromatic heterocycles. The van der Waals surface area contributed by atoms with E-state index in [1.807, 2.05) is 12.1 Å². The highest BCUT2D eigenvalue weighted by atomic mass is 19.3. The average molecular weight is 271 g/mol. The van der Waals surface area contributed by atoms with Crippen LogP contribution in [0.4, 0.5) is 8.78 Å². The number of nitrogens with one attached hydrogen (secondary N) is 1. The Labute approximate surface area is 114 Å². The zero-order valence-corrected chi connectivity index (χ0v) is 11.7. The molecule has 1 atom stereocenters. The van der Waals surface area contributed by atoms with Gasteiger partial charge in [0.1, 0.15) is 6.61 Å². The summed E-state index contributed by atoms with van der Waals surface area (Å²) in [6.45, 7) is 4.79. The molecular formula is C15H23F2NO. The van der Waals surface area contributed by atoms with Gasteiger partial charge in [0.05, 0.1) is 12.6 Å². The Balaban J connectivity index is 2.60. The summed E-state index contributed by atoms with van der Waals surface area (Å²) in [5.74, 6) is 0. The van der Waals surface area contributed by atoms with Crippen molar-refractivity contribution in [1.29, 1.82) is 0 Å². The van der Waals surface area contributed by atoms with E-state index in [0.29, 0.717) is 0 Å². The number of benzene rings is 1. The van der Waals surface area contributed by atoms with Crippen LogP contribution in [0.3, 0.4) is 0 Å². The van der Waals surface area contributed by atoms with Crippen LogP contribution in [0.5, 0.6) is 0 Å². The monoisotopic (exact) mass is 271 g/mol. The molecule has 0 radical (unpaired) electrons. The van der Waals surface area contributed by atoms with Crippen LogP contribution in [-0.2, 0) is 11.2 Å². The Hall–Kier alpha value is -1.00. The van der Waals surface area contributed by atoms with Gasteiger partial charge < -0.3 is 10.1 Å². The molecule has 19 heavy (non-hydrogen) atoms. The van der Waals surface area contributed by atoms with Crippen LogP contribution in [-0.4, -0.2) is 26.2 Å². The Morgan fingerprint density at radius 3 is 2.32 bits per heavy atom. The van der Waals surface area contributed by atoms with Gasteiger partial charge in [-0.1, -0.05) is 38.1 Å². The Bertz CT molecular complexity index is 341. The van der Waals surface area contributed by atoms with Crippen molar-refractivity contribution in [1.82, 2.24) is 5.32 Å². The fourth-order valence-electron chi connectivity index (χ4n) is 1.85. The second-order valence-electron chi connectivity index (χ2n) is 4.53. The Kier molecular flexibility index (Phi) is 7.60. The minimum Gasteiger partial charge on any atom is -0.374 e. The second kappa shape index (κ2) is 8.99. The fraction of sp³-hybridized carbons (Fsp3) is 0.600. The van der Waals surface area contributed by atoms with Crippen molar-refractivity contribution < 1.29 is 13.5 Å². The predicted octanol–water partition coefficient (Wildman–Crippen LogP) is 3.57. The van der Waals surface area contributed by atoms with E-state index in [1.165, 1.54) is 5.56 Å². The number of halogens is 2. The van der Waals surface area contributed by atoms with Crippen LogP contribution in [0.15, 0.2) is 24.3 Å². The summed E-state index contributed by atoms with van der Waals surface area (Å²) < 4.78 is 29.2. The topological polar surface area (TPSA) is 21.3 Å². The molecule has 1 unspecified atom stereocenters. The molecule has 4 heteroatoms. The number of ether oxygens (including phenoxy) is 1. The number of aryl methyl sites for hydroxylation is 1. The zero-order valence-electron chi connectivity index (χ0n) is 11.7. The van der Waals surface area contributed by atoms with Crippen molar-refractivity contribution in [2.75, 3.05) is 19.8 Å². The minimum atomic E-state index is -2.41. The van der Waals surface area contributed by atoms with Gasteiger partial charge in [0.15, 0.2) is 0 Å². The largest absolute Gasteiger partial charge is 0.374 e. The van der Waals surface area contributed by atoms with E-state index in [4.69, 9.17) is 4.74 Å². The van der Waals surface area contributed by atoms with E-state index >= 15 is 0 Å². The summed E-state index contributed by atoms with van der Waals surface area (Å²) in [5.41, 5.74) is 2.35. The highest BCUT2D eigenvalue weighted by Crippen LogP contribution is 2.15. The van der Waals surface area contributed by atoms with Crippen LogP contribution in [0, 0.1) is 0 Å². The first-order valence-electron chi connectivity index (χ1n) is 6.85. The molecule has 1 N–H and O–H groups in total. The van der Waals surface area contributed by atoms with E-state index < -0.39 is 13.0 Å². The van der Waals surface area contributed by atoms with Gasteiger partial charge in [-0.05, 0) is 30.5 Å². The molecule has 0 spiro atoms. The molecule has 0 aliphatic heterocycles. The molecule has 0 amide bonds. The van der Waals surface area contributed by atoms with Gasteiger partial charge in [0.25, 0.3) is 6.43 Å². The lowest BCUT2D eigenvalue weighted by Crippen LogP contribution is -2.27. The lowest BCUT2D eigenvalue weighted by Gasteiger charge is -2.19. The fourth-order valence-corrected chi connectivity index (χ4v) is 1.85. The highest BCUT2D eigenvalue weighted by molar-refractivity contribution is 5.25. The van der Waals surface area contributed by atoms with Crippen molar-refractivity contribution in [2.24, 2.45) is 0 Å². The van der Waals surface area contributed by atoms with Crippen LogP contribution in [0.1, 0.15) is 37.4 Å². The first-order chi connectivity index (χ1) is 9.17. The first kappa shape index (κ1) is 16.1. The molecule has 0 saturated heterocycles. The molecule has 1 aromatic carbocycles. The maximum absolute atomic E-state index is 12.1. The predicted molar refractivity (Wildman–Crippen MR) is 73.7 cm³/mol. The molecular weight excluding hydrogens is 248 g/mol. The van der Waals surface area contributed by atoms with Crippen molar-refractivity contribution >= 4 is 0 Å². The summed E-state index contributed by atoms with van der Waals surface area (Å²) in [7, 11) is 0. The van der Waals surface area contributed by atoms with Crippen molar-refractivity contribution in [2.45, 2.75) is 39.2 Å². The standard InChI is InChI=1S/C15H23F2NO/c1-3-9-18-14(10-19-11-15(16)17)13-7-5-12(4-2)6-8-13/h5-8,14-15,18H,3-4,9-11H2,1-2H3. The first-order valence-corrected chi connectivity index (χ1v) is 6.85. The van der Waals surface area contributed by atoms with Gasteiger partial charge in [-0.25, -0.2) is 8.78 Å². The van der Waals surface area contributed by atoms with Crippen LogP contribution >= 0.6 is 0 Å². The normalized spacial score (nSPS) is 12.9. The number of rotatable bonds is 9. The van der Waals surface area contributed by atoms with E-state index in [0.717, 1.165) is 24.9 Å². The molecule has 2 nitrogen and oxygen atoms in total. The molecule has 0 heterocycles. The Morgan fingerprint density at radius 2 is 1.79 bits per heavy atom. The summed E-state index contributed by atoms with van der Waals surface area (Å²) in [6.07, 6.45) is -0.414. The summed E-state index contributed by atoms with van der Waals surface area (Å²) in [5, 5.41) is 3.33. The van der Waals surface area contributed by atoms with E-state index in [-0.39, 0.29) is 12.6 Å². The molecule has 1 aromatic rings. The summed E-state index contributed by atoms with van der Waals surface area (Å²) in [4.78, 5) is 0. The molecule has 0 saturated carbocycles. The maximum atomic E-state index is 12.1. The third-order valence-electron chi connectivity index (χ3n) is 2.96. The number of hydrogen-bond acceptors (Lipinski definition) is 2. The maximum Gasteiger partial charge on any atom is 0.261 e. The van der Waals surface area contributed by atoms with E-state index in [2.05, 4.69) is 31.3 Å². The van der Waals surface area contributed by atoms with E-state index in [1.54, 1.807) is 0 Å². The minimum absolute atomic E-state index is 0.0235. The molecule has 108 valence electrons. The third-order valence-corrected chi connectivity index (χ3v) is 2.96. The zero-order chi connectivity index (χ0) is 14.1. The Morgan fingerprint density at radius 1 is 1.11 bits per heavy atom. The van der Waals surface area contributed by atoms with Gasteiger partial charge in [-0.15, -0.1) is 0 Å².